The normalized spacial score (nSPS) is 25.6. The van der Waals surface area contributed by atoms with Crippen molar-refractivity contribution in [3.63, 3.8) is 0 Å². The average molecular weight is 368 g/mol. The Kier molecular flexibility index (Phi) is 6.92. The number of likely N-dealkylation sites (N-methyl/N-ethyl adjacent to an activating group) is 3. The molecule has 0 saturated carbocycles. The fraction of sp³-hybridized carbons (Fsp3) is 0.706. The summed E-state index contributed by atoms with van der Waals surface area (Å²) in [6.45, 7) is 4.46. The van der Waals surface area contributed by atoms with Gasteiger partial charge in [-0.15, -0.1) is 0 Å². The molecule has 1 fully saturated rings. The molecule has 0 spiro atoms. The van der Waals surface area contributed by atoms with Crippen LogP contribution in [0.1, 0.15) is 26.2 Å². The molecule has 8 heteroatoms. The standard InChI is InChI=1S/C17H29N5O2S/c1-11-9-21(3)7-5-6-12(11)20-17(25)16(24)19-14-10-22(4)15(23)8-13(14)18-2/h13-14,18H,5-10H2,1-4H3,(H,19,24)(H,20,25)/t13?,14-/m1/s1. The van der Waals surface area contributed by atoms with Gasteiger partial charge < -0.3 is 25.8 Å². The van der Waals surface area contributed by atoms with Crippen molar-refractivity contribution in [1.82, 2.24) is 25.8 Å². The molecule has 0 bridgehead atoms. The molecule has 0 aromatic rings. The van der Waals surface area contributed by atoms with Gasteiger partial charge in [-0.05, 0) is 46.0 Å². The number of hydrogen-bond donors (Lipinski definition) is 3. The second kappa shape index (κ2) is 8.73. The van der Waals surface area contributed by atoms with Crippen LogP contribution in [0, 0.1) is 0 Å². The van der Waals surface area contributed by atoms with Crippen LogP contribution in [0.15, 0.2) is 11.3 Å². The Bertz CT molecular complexity index is 577. The summed E-state index contributed by atoms with van der Waals surface area (Å²) in [4.78, 5) is 28.4. The molecule has 2 aliphatic heterocycles. The molecule has 2 rings (SSSR count). The van der Waals surface area contributed by atoms with E-state index in [9.17, 15) is 9.59 Å². The highest BCUT2D eigenvalue weighted by Gasteiger charge is 2.33. The molecule has 1 unspecified atom stereocenters. The Labute approximate surface area is 155 Å². The zero-order valence-electron chi connectivity index (χ0n) is 15.5. The molecule has 1 saturated heterocycles. The summed E-state index contributed by atoms with van der Waals surface area (Å²) in [5.74, 6) is -0.213. The van der Waals surface area contributed by atoms with Gasteiger partial charge in [-0.3, -0.25) is 9.59 Å². The summed E-state index contributed by atoms with van der Waals surface area (Å²) in [6.07, 6.45) is 2.30. The van der Waals surface area contributed by atoms with E-state index in [2.05, 4.69) is 34.8 Å². The molecular formula is C17H29N5O2S. The van der Waals surface area contributed by atoms with E-state index in [0.29, 0.717) is 13.0 Å². The molecule has 0 aliphatic carbocycles. The topological polar surface area (TPSA) is 76.7 Å². The van der Waals surface area contributed by atoms with Crippen molar-refractivity contribution in [2.75, 3.05) is 40.8 Å². The second-order valence-electron chi connectivity index (χ2n) is 7.01. The molecule has 2 atom stereocenters. The first-order valence-corrected chi connectivity index (χ1v) is 9.13. The van der Waals surface area contributed by atoms with Crippen LogP contribution in [0.2, 0.25) is 0 Å². The molecule has 0 aromatic carbocycles. The van der Waals surface area contributed by atoms with Gasteiger partial charge in [-0.2, -0.15) is 0 Å². The first-order valence-electron chi connectivity index (χ1n) is 8.72. The average Bonchev–Trinajstić information content (AvgIpc) is 2.71. The van der Waals surface area contributed by atoms with Gasteiger partial charge in [-0.25, -0.2) is 0 Å². The SMILES string of the molecule is CNC1CC(=O)N(C)C[C@H]1NC(=O)C(=S)NC1=C(C)CN(C)CCC1. The van der Waals surface area contributed by atoms with Gasteiger partial charge in [-0.1, -0.05) is 12.2 Å². The number of carbonyl (C=O) groups is 2. The Hall–Kier alpha value is -1.51. The molecule has 2 heterocycles. The smallest absolute Gasteiger partial charge is 0.279 e. The summed E-state index contributed by atoms with van der Waals surface area (Å²) >= 11 is 5.31. The van der Waals surface area contributed by atoms with Crippen LogP contribution in [-0.4, -0.2) is 79.5 Å². The number of allylic oxidation sites excluding steroid dienone is 1. The van der Waals surface area contributed by atoms with E-state index in [-0.39, 0.29) is 28.9 Å². The van der Waals surface area contributed by atoms with E-state index < -0.39 is 0 Å². The fourth-order valence-corrected chi connectivity index (χ4v) is 3.56. The Morgan fingerprint density at radius 2 is 2.00 bits per heavy atom. The van der Waals surface area contributed by atoms with Gasteiger partial charge >= 0.3 is 0 Å². The van der Waals surface area contributed by atoms with Crippen LogP contribution in [-0.2, 0) is 9.59 Å². The summed E-state index contributed by atoms with van der Waals surface area (Å²) in [5.41, 5.74) is 2.26. The minimum atomic E-state index is -0.291. The molecule has 3 N–H and O–H groups in total. The van der Waals surface area contributed by atoms with E-state index in [0.717, 1.165) is 31.6 Å². The van der Waals surface area contributed by atoms with Crippen molar-refractivity contribution in [2.24, 2.45) is 0 Å². The quantitative estimate of drug-likeness (QED) is 0.602. The van der Waals surface area contributed by atoms with E-state index >= 15 is 0 Å². The molecule has 0 radical (unpaired) electrons. The van der Waals surface area contributed by atoms with Crippen molar-refractivity contribution in [3.05, 3.63) is 11.3 Å². The number of carbonyl (C=O) groups excluding carboxylic acids is 2. The van der Waals surface area contributed by atoms with Gasteiger partial charge in [0.15, 0.2) is 4.99 Å². The molecule has 2 amide bonds. The molecule has 0 aromatic heterocycles. The van der Waals surface area contributed by atoms with Crippen LogP contribution in [0.25, 0.3) is 0 Å². The van der Waals surface area contributed by atoms with Crippen LogP contribution in [0.4, 0.5) is 0 Å². The third kappa shape index (κ3) is 5.23. The van der Waals surface area contributed by atoms with E-state index in [1.54, 1.807) is 19.0 Å². The predicted molar refractivity (Wildman–Crippen MR) is 102 cm³/mol. The largest absolute Gasteiger partial charge is 0.346 e. The van der Waals surface area contributed by atoms with Gasteiger partial charge in [0.2, 0.25) is 5.91 Å². The van der Waals surface area contributed by atoms with E-state index in [1.807, 2.05) is 0 Å². The van der Waals surface area contributed by atoms with Crippen LogP contribution < -0.4 is 16.0 Å². The highest BCUT2D eigenvalue weighted by Crippen LogP contribution is 2.15. The van der Waals surface area contributed by atoms with Gasteiger partial charge in [0.05, 0.1) is 6.04 Å². The lowest BCUT2D eigenvalue weighted by Gasteiger charge is -2.36. The molecular weight excluding hydrogens is 338 g/mol. The Morgan fingerprint density at radius 3 is 2.68 bits per heavy atom. The number of amides is 2. The number of nitrogens with zero attached hydrogens (tertiary/aromatic N) is 2. The number of hydrogen-bond acceptors (Lipinski definition) is 5. The van der Waals surface area contributed by atoms with E-state index in [1.165, 1.54) is 5.57 Å². The fourth-order valence-electron chi connectivity index (χ4n) is 3.38. The number of likely N-dealkylation sites (tertiary alicyclic amines) is 1. The third-order valence-corrected chi connectivity index (χ3v) is 5.21. The lowest BCUT2D eigenvalue weighted by Crippen LogP contribution is -2.61. The maximum absolute atomic E-state index is 12.5. The minimum Gasteiger partial charge on any atom is -0.346 e. The van der Waals surface area contributed by atoms with Crippen molar-refractivity contribution < 1.29 is 9.59 Å². The van der Waals surface area contributed by atoms with Crippen molar-refractivity contribution in [2.45, 2.75) is 38.3 Å². The van der Waals surface area contributed by atoms with Crippen molar-refractivity contribution in [3.8, 4) is 0 Å². The third-order valence-electron chi connectivity index (χ3n) is 4.92. The van der Waals surface area contributed by atoms with Crippen LogP contribution >= 0.6 is 12.2 Å². The molecule has 25 heavy (non-hydrogen) atoms. The van der Waals surface area contributed by atoms with Gasteiger partial charge in [0.25, 0.3) is 5.91 Å². The molecule has 2 aliphatic rings. The summed E-state index contributed by atoms with van der Waals surface area (Å²) in [5, 5.41) is 9.22. The lowest BCUT2D eigenvalue weighted by molar-refractivity contribution is -0.134. The first kappa shape index (κ1) is 19.8. The summed E-state index contributed by atoms with van der Waals surface area (Å²) < 4.78 is 0. The maximum Gasteiger partial charge on any atom is 0.279 e. The van der Waals surface area contributed by atoms with Crippen LogP contribution in [0.3, 0.4) is 0 Å². The predicted octanol–water partition coefficient (Wildman–Crippen LogP) is -0.162. The summed E-state index contributed by atoms with van der Waals surface area (Å²) in [6, 6.07) is -0.238. The Morgan fingerprint density at radius 1 is 1.28 bits per heavy atom. The number of rotatable bonds is 3. The molecule has 140 valence electrons. The zero-order valence-corrected chi connectivity index (χ0v) is 16.3. The number of nitrogens with one attached hydrogen (secondary N) is 3. The minimum absolute atomic E-state index is 0.0777. The lowest BCUT2D eigenvalue weighted by atomic mass is 9.99. The molecule has 7 nitrogen and oxygen atoms in total. The van der Waals surface area contributed by atoms with Gasteiger partial charge in [0, 0.05) is 38.3 Å². The van der Waals surface area contributed by atoms with Gasteiger partial charge in [0.1, 0.15) is 0 Å². The monoisotopic (exact) mass is 367 g/mol. The highest BCUT2D eigenvalue weighted by molar-refractivity contribution is 7.82. The Balaban J connectivity index is 1.96. The maximum atomic E-state index is 12.5. The van der Waals surface area contributed by atoms with Crippen LogP contribution in [0.5, 0.6) is 0 Å². The van der Waals surface area contributed by atoms with E-state index in [4.69, 9.17) is 12.2 Å². The number of thiocarbonyl (C=S) groups is 1. The van der Waals surface area contributed by atoms with Crippen molar-refractivity contribution >= 4 is 29.0 Å². The zero-order chi connectivity index (χ0) is 18.6. The number of piperidine rings is 1. The second-order valence-corrected chi connectivity index (χ2v) is 7.42. The highest BCUT2D eigenvalue weighted by atomic mass is 32.1. The summed E-state index contributed by atoms with van der Waals surface area (Å²) in [7, 11) is 5.64. The first-order chi connectivity index (χ1) is 11.8. The van der Waals surface area contributed by atoms with Crippen molar-refractivity contribution in [1.29, 1.82) is 0 Å².